The maximum absolute atomic E-state index is 12.0. The Bertz CT molecular complexity index is 766. The number of carbonyl (C=O) groups excluding carboxylic acids is 1. The van der Waals surface area contributed by atoms with Crippen LogP contribution in [0.25, 0.3) is 0 Å². The summed E-state index contributed by atoms with van der Waals surface area (Å²) in [5, 5.41) is 9.87. The molecule has 0 aliphatic carbocycles. The van der Waals surface area contributed by atoms with E-state index >= 15 is 0 Å². The highest BCUT2D eigenvalue weighted by atomic mass is 32.2. The van der Waals surface area contributed by atoms with Gasteiger partial charge in [0.05, 0.1) is 4.90 Å². The zero-order chi connectivity index (χ0) is 16.3. The Morgan fingerprint density at radius 2 is 1.86 bits per heavy atom. The van der Waals surface area contributed by atoms with Gasteiger partial charge in [0, 0.05) is 26.1 Å². The Morgan fingerprint density at radius 1 is 1.23 bits per heavy atom. The van der Waals surface area contributed by atoms with E-state index in [-0.39, 0.29) is 16.5 Å². The van der Waals surface area contributed by atoms with E-state index < -0.39 is 15.9 Å². The third-order valence-corrected chi connectivity index (χ3v) is 4.71. The van der Waals surface area contributed by atoms with Crippen molar-refractivity contribution in [1.82, 2.24) is 14.5 Å². The van der Waals surface area contributed by atoms with Crippen molar-refractivity contribution in [3.8, 4) is 0 Å². The average Bonchev–Trinajstić information content (AvgIpc) is 2.94. The van der Waals surface area contributed by atoms with Crippen molar-refractivity contribution in [1.29, 1.82) is 0 Å². The minimum absolute atomic E-state index is 0.00633. The number of rotatable bonds is 5. The van der Waals surface area contributed by atoms with Crippen molar-refractivity contribution in [2.24, 2.45) is 0 Å². The summed E-state index contributed by atoms with van der Waals surface area (Å²) in [4.78, 5) is 12.1. The molecule has 0 spiro atoms. The molecular weight excluding hydrogens is 308 g/mol. The van der Waals surface area contributed by atoms with E-state index in [1.807, 2.05) is 6.92 Å². The summed E-state index contributed by atoms with van der Waals surface area (Å²) in [5.74, 6) is -0.0390. The van der Waals surface area contributed by atoms with Gasteiger partial charge in [-0.1, -0.05) is 12.0 Å². The van der Waals surface area contributed by atoms with Gasteiger partial charge in [-0.25, -0.2) is 12.7 Å². The molecule has 2 aromatic rings. The highest BCUT2D eigenvalue weighted by molar-refractivity contribution is 7.89. The summed E-state index contributed by atoms with van der Waals surface area (Å²) in [5.41, 5.74) is 0.286. The molecule has 118 valence electrons. The maximum Gasteiger partial charge on any atom is 0.322 e. The summed E-state index contributed by atoms with van der Waals surface area (Å²) in [6.45, 7) is 1.85. The summed E-state index contributed by atoms with van der Waals surface area (Å²) in [6, 6.07) is 5.59. The largest absolute Gasteiger partial charge is 0.408 e. The van der Waals surface area contributed by atoms with Crippen LogP contribution in [0.3, 0.4) is 0 Å². The van der Waals surface area contributed by atoms with Crippen LogP contribution >= 0.6 is 0 Å². The van der Waals surface area contributed by atoms with E-state index in [9.17, 15) is 13.2 Å². The number of amides is 1. The lowest BCUT2D eigenvalue weighted by atomic mass is 10.2. The molecule has 0 aliphatic heterocycles. The van der Waals surface area contributed by atoms with Crippen LogP contribution in [0.15, 0.2) is 33.6 Å². The third kappa shape index (κ3) is 3.31. The van der Waals surface area contributed by atoms with Crippen molar-refractivity contribution >= 4 is 21.9 Å². The molecule has 1 amide bonds. The molecule has 1 aromatic carbocycles. The number of carbonyl (C=O) groups is 1. The Hall–Kier alpha value is -2.26. The fraction of sp³-hybridized carbons (Fsp3) is 0.308. The molecule has 0 saturated heterocycles. The van der Waals surface area contributed by atoms with Crippen LogP contribution in [0, 0.1) is 0 Å². The van der Waals surface area contributed by atoms with Gasteiger partial charge in [0.15, 0.2) is 0 Å². The van der Waals surface area contributed by atoms with Crippen LogP contribution in [-0.4, -0.2) is 42.9 Å². The Morgan fingerprint density at radius 3 is 2.36 bits per heavy atom. The molecule has 1 heterocycles. The van der Waals surface area contributed by atoms with E-state index in [0.717, 1.165) is 4.31 Å². The van der Waals surface area contributed by atoms with Crippen molar-refractivity contribution in [3.63, 3.8) is 0 Å². The van der Waals surface area contributed by atoms with E-state index in [1.165, 1.54) is 38.4 Å². The van der Waals surface area contributed by atoms with Crippen LogP contribution in [0.2, 0.25) is 0 Å². The molecule has 0 radical (unpaired) electrons. The van der Waals surface area contributed by atoms with E-state index in [2.05, 4.69) is 15.5 Å². The van der Waals surface area contributed by atoms with Crippen LogP contribution in [0.5, 0.6) is 0 Å². The summed E-state index contributed by atoms with van der Waals surface area (Å²) in [6.07, 6.45) is 0.569. The van der Waals surface area contributed by atoms with E-state index in [4.69, 9.17) is 4.42 Å². The summed E-state index contributed by atoms with van der Waals surface area (Å²) in [7, 11) is -0.635. The summed E-state index contributed by atoms with van der Waals surface area (Å²) < 4.78 is 30.1. The number of nitrogens with zero attached hydrogens (tertiary/aromatic N) is 3. The minimum Gasteiger partial charge on any atom is -0.408 e. The van der Waals surface area contributed by atoms with Crippen LogP contribution in [0.4, 0.5) is 6.01 Å². The van der Waals surface area contributed by atoms with Gasteiger partial charge >= 0.3 is 6.01 Å². The van der Waals surface area contributed by atoms with Crippen molar-refractivity contribution < 1.29 is 17.6 Å². The Balaban J connectivity index is 2.15. The lowest BCUT2D eigenvalue weighted by molar-refractivity contribution is 0.102. The fourth-order valence-electron chi connectivity index (χ4n) is 1.61. The van der Waals surface area contributed by atoms with Crippen LogP contribution in [-0.2, 0) is 16.4 Å². The minimum atomic E-state index is -3.52. The molecule has 2 rings (SSSR count). The molecule has 0 bridgehead atoms. The number of hydrogen-bond donors (Lipinski definition) is 1. The van der Waals surface area contributed by atoms with E-state index in [1.54, 1.807) is 0 Å². The first kappa shape index (κ1) is 16.1. The molecule has 8 nitrogen and oxygen atoms in total. The predicted molar refractivity (Wildman–Crippen MR) is 78.9 cm³/mol. The van der Waals surface area contributed by atoms with Gasteiger partial charge in [0.2, 0.25) is 15.9 Å². The lowest BCUT2D eigenvalue weighted by Crippen LogP contribution is -2.22. The van der Waals surface area contributed by atoms with Gasteiger partial charge < -0.3 is 4.42 Å². The van der Waals surface area contributed by atoms with Crippen LogP contribution < -0.4 is 5.32 Å². The lowest BCUT2D eigenvalue weighted by Gasteiger charge is -2.11. The fourth-order valence-corrected chi connectivity index (χ4v) is 2.51. The van der Waals surface area contributed by atoms with Gasteiger partial charge in [0.1, 0.15) is 0 Å². The molecule has 0 atom stereocenters. The molecule has 1 aromatic heterocycles. The molecule has 1 N–H and O–H groups in total. The van der Waals surface area contributed by atoms with Crippen molar-refractivity contribution in [2.45, 2.75) is 18.2 Å². The van der Waals surface area contributed by atoms with Crippen molar-refractivity contribution in [3.05, 3.63) is 35.7 Å². The smallest absolute Gasteiger partial charge is 0.322 e. The second-order valence-corrected chi connectivity index (χ2v) is 6.77. The average molecular weight is 324 g/mol. The number of nitrogens with one attached hydrogen (secondary N) is 1. The Labute approximate surface area is 128 Å². The topological polar surface area (TPSA) is 105 Å². The van der Waals surface area contributed by atoms with Gasteiger partial charge in [-0.15, -0.1) is 5.10 Å². The molecule has 22 heavy (non-hydrogen) atoms. The number of anilines is 1. The summed E-state index contributed by atoms with van der Waals surface area (Å²) >= 11 is 0. The SMILES string of the molecule is CCc1nnc(NC(=O)c2ccc(S(=O)(=O)N(C)C)cc2)o1. The van der Waals surface area contributed by atoms with Crippen molar-refractivity contribution in [2.75, 3.05) is 19.4 Å². The number of aromatic nitrogens is 2. The van der Waals surface area contributed by atoms with Gasteiger partial charge in [-0.3, -0.25) is 10.1 Å². The number of benzene rings is 1. The molecule has 0 unspecified atom stereocenters. The monoisotopic (exact) mass is 324 g/mol. The third-order valence-electron chi connectivity index (χ3n) is 2.88. The first-order chi connectivity index (χ1) is 10.3. The molecule has 0 saturated carbocycles. The normalized spacial score (nSPS) is 11.6. The molecular formula is C13H16N4O4S. The van der Waals surface area contributed by atoms with Crippen LogP contribution in [0.1, 0.15) is 23.2 Å². The highest BCUT2D eigenvalue weighted by Gasteiger charge is 2.18. The molecule has 0 fully saturated rings. The predicted octanol–water partition coefficient (Wildman–Crippen LogP) is 1.13. The highest BCUT2D eigenvalue weighted by Crippen LogP contribution is 2.15. The molecule has 0 aliphatic rings. The van der Waals surface area contributed by atoms with E-state index in [0.29, 0.717) is 12.3 Å². The molecule has 9 heteroatoms. The first-order valence-electron chi connectivity index (χ1n) is 6.51. The number of aryl methyl sites for hydroxylation is 1. The second kappa shape index (κ2) is 6.24. The maximum atomic E-state index is 12.0. The first-order valence-corrected chi connectivity index (χ1v) is 7.95. The van der Waals surface area contributed by atoms with Gasteiger partial charge in [-0.05, 0) is 24.3 Å². The van der Waals surface area contributed by atoms with Gasteiger partial charge in [-0.2, -0.15) is 0 Å². The number of sulfonamides is 1. The van der Waals surface area contributed by atoms with Gasteiger partial charge in [0.25, 0.3) is 5.91 Å². The zero-order valence-corrected chi connectivity index (χ0v) is 13.2. The standard InChI is InChI=1S/C13H16N4O4S/c1-4-11-15-16-13(21-11)14-12(18)9-5-7-10(8-6-9)22(19,20)17(2)3/h5-8H,4H2,1-3H3,(H,14,16,18). The Kier molecular flexibility index (Phi) is 4.57. The zero-order valence-electron chi connectivity index (χ0n) is 12.4. The number of hydrogen-bond acceptors (Lipinski definition) is 6. The quantitative estimate of drug-likeness (QED) is 0.884. The second-order valence-electron chi connectivity index (χ2n) is 4.62.